The zero-order valence-corrected chi connectivity index (χ0v) is 23.1. The molecule has 202 valence electrons. The monoisotopic (exact) mass is 563 g/mol. The molecule has 2 saturated heterocycles. The highest BCUT2D eigenvalue weighted by Crippen LogP contribution is 2.61. The summed E-state index contributed by atoms with van der Waals surface area (Å²) in [6, 6.07) is 15.2. The van der Waals surface area contributed by atoms with Gasteiger partial charge in [0.1, 0.15) is 6.04 Å². The number of likely N-dealkylation sites (tertiary alicyclic amines) is 1. The second-order valence-electron chi connectivity index (χ2n) is 10.6. The van der Waals surface area contributed by atoms with Crippen molar-refractivity contribution in [1.29, 1.82) is 0 Å². The van der Waals surface area contributed by atoms with Crippen LogP contribution in [0, 0.1) is 11.8 Å². The molecule has 39 heavy (non-hydrogen) atoms. The number of carbonyl (C=O) groups is 3. The molecule has 2 aromatic carbocycles. The normalized spacial score (nSPS) is 30.6. The van der Waals surface area contributed by atoms with Crippen molar-refractivity contribution in [2.24, 2.45) is 11.8 Å². The lowest BCUT2D eigenvalue weighted by molar-refractivity contribution is -0.144. The van der Waals surface area contributed by atoms with Crippen LogP contribution >= 0.6 is 23.4 Å². The zero-order valence-electron chi connectivity index (χ0n) is 21.5. The fourth-order valence-corrected chi connectivity index (χ4v) is 8.71. The molecule has 1 spiro atoms. The molecular formula is C30H30ClN3O4S. The number of thioether (sulfide) groups is 1. The highest BCUT2D eigenvalue weighted by molar-refractivity contribution is 8.02. The van der Waals surface area contributed by atoms with E-state index in [-0.39, 0.29) is 29.6 Å². The predicted molar refractivity (Wildman–Crippen MR) is 152 cm³/mol. The van der Waals surface area contributed by atoms with E-state index in [0.29, 0.717) is 30.2 Å². The molecule has 2 aromatic rings. The molecule has 2 fully saturated rings. The minimum atomic E-state index is -0.938. The maximum atomic E-state index is 14.5. The predicted octanol–water partition coefficient (Wildman–Crippen LogP) is 3.17. The number of benzene rings is 2. The second kappa shape index (κ2) is 10.2. The number of carbonyl (C=O) groups excluding carboxylic acids is 3. The Morgan fingerprint density at radius 2 is 1.74 bits per heavy atom. The molecule has 0 aromatic heterocycles. The molecule has 0 bridgehead atoms. The second-order valence-corrected chi connectivity index (χ2v) is 12.5. The number of rotatable bonds is 5. The van der Waals surface area contributed by atoms with Crippen LogP contribution in [0.4, 0.5) is 5.69 Å². The summed E-state index contributed by atoms with van der Waals surface area (Å²) in [5.74, 6) is -1.86. The van der Waals surface area contributed by atoms with Crippen LogP contribution in [0.2, 0.25) is 5.02 Å². The van der Waals surface area contributed by atoms with E-state index in [1.807, 2.05) is 54.6 Å². The lowest BCUT2D eigenvalue weighted by Gasteiger charge is -2.38. The SMILES string of the molecule is CN1CC=C[C@H]2S[C@]34C=CCN(c5ccc(Cl)cc5)C(=O)C3N([C@@H](CO)Cc3ccccc3)C(=O)[C@@H]4[C@H]2C1=O. The Kier molecular flexibility index (Phi) is 6.81. The lowest BCUT2D eigenvalue weighted by atomic mass is 9.78. The molecule has 6 rings (SSSR count). The molecule has 0 saturated carbocycles. The van der Waals surface area contributed by atoms with Crippen molar-refractivity contribution in [1.82, 2.24) is 9.80 Å². The van der Waals surface area contributed by atoms with Gasteiger partial charge in [0.25, 0.3) is 5.91 Å². The summed E-state index contributed by atoms with van der Waals surface area (Å²) in [5.41, 5.74) is 1.64. The molecule has 4 aliphatic heterocycles. The maximum absolute atomic E-state index is 14.5. The molecule has 4 heterocycles. The molecule has 9 heteroatoms. The number of hydrogen-bond acceptors (Lipinski definition) is 5. The van der Waals surface area contributed by atoms with Crippen LogP contribution in [-0.2, 0) is 20.8 Å². The van der Waals surface area contributed by atoms with E-state index in [2.05, 4.69) is 0 Å². The number of amides is 3. The Balaban J connectivity index is 1.48. The van der Waals surface area contributed by atoms with Gasteiger partial charge in [-0.25, -0.2) is 0 Å². The van der Waals surface area contributed by atoms with E-state index in [4.69, 9.17) is 11.6 Å². The fraction of sp³-hybridized carbons (Fsp3) is 0.367. The molecule has 0 aliphatic carbocycles. The zero-order chi connectivity index (χ0) is 27.3. The van der Waals surface area contributed by atoms with Crippen LogP contribution in [0.25, 0.3) is 0 Å². The Hall–Kier alpha value is -3.07. The number of aliphatic hydroxyl groups excluding tert-OH is 1. The average molecular weight is 564 g/mol. The van der Waals surface area contributed by atoms with Gasteiger partial charge in [0, 0.05) is 36.1 Å². The third kappa shape index (κ3) is 4.20. The molecular weight excluding hydrogens is 534 g/mol. The third-order valence-corrected chi connectivity index (χ3v) is 10.4. The number of fused-ring (bicyclic) bond motifs is 2. The van der Waals surface area contributed by atoms with E-state index in [1.165, 1.54) is 0 Å². The molecule has 1 unspecified atom stereocenters. The van der Waals surface area contributed by atoms with Crippen molar-refractivity contribution >= 4 is 46.8 Å². The van der Waals surface area contributed by atoms with Crippen molar-refractivity contribution in [2.75, 3.05) is 31.6 Å². The lowest BCUT2D eigenvalue weighted by Crippen LogP contribution is -2.57. The average Bonchev–Trinajstić information content (AvgIpc) is 3.27. The van der Waals surface area contributed by atoms with Crippen molar-refractivity contribution in [2.45, 2.75) is 28.5 Å². The van der Waals surface area contributed by atoms with Crippen LogP contribution in [0.5, 0.6) is 0 Å². The largest absolute Gasteiger partial charge is 0.394 e. The summed E-state index contributed by atoms with van der Waals surface area (Å²) in [6.07, 6.45) is 8.32. The quantitative estimate of drug-likeness (QED) is 0.565. The Morgan fingerprint density at radius 1 is 1.00 bits per heavy atom. The van der Waals surface area contributed by atoms with Crippen molar-refractivity contribution in [3.05, 3.63) is 89.5 Å². The van der Waals surface area contributed by atoms with Crippen molar-refractivity contribution in [3.63, 3.8) is 0 Å². The molecule has 4 aliphatic rings. The van der Waals surface area contributed by atoms with E-state index in [0.717, 1.165) is 5.56 Å². The summed E-state index contributed by atoms with van der Waals surface area (Å²) in [4.78, 5) is 47.6. The summed E-state index contributed by atoms with van der Waals surface area (Å²) in [7, 11) is 1.75. The third-order valence-electron chi connectivity index (χ3n) is 8.35. The number of halogens is 1. The molecule has 0 radical (unpaired) electrons. The fourth-order valence-electron chi connectivity index (χ4n) is 6.59. The van der Waals surface area contributed by atoms with Gasteiger partial charge in [-0.05, 0) is 36.2 Å². The Labute approximate surface area is 237 Å². The van der Waals surface area contributed by atoms with Gasteiger partial charge in [-0.3, -0.25) is 14.4 Å². The maximum Gasteiger partial charge on any atom is 0.251 e. The van der Waals surface area contributed by atoms with Crippen LogP contribution in [0.3, 0.4) is 0 Å². The van der Waals surface area contributed by atoms with Crippen LogP contribution in [0.1, 0.15) is 5.56 Å². The van der Waals surface area contributed by atoms with Gasteiger partial charge in [-0.15, -0.1) is 11.8 Å². The van der Waals surface area contributed by atoms with E-state index in [1.54, 1.807) is 57.8 Å². The Morgan fingerprint density at radius 3 is 2.46 bits per heavy atom. The van der Waals surface area contributed by atoms with Gasteiger partial charge in [-0.1, -0.05) is 66.2 Å². The number of nitrogens with zero attached hydrogens (tertiary/aromatic N) is 3. The first kappa shape index (κ1) is 26.2. The van der Waals surface area contributed by atoms with Gasteiger partial charge in [0.05, 0.1) is 29.2 Å². The smallest absolute Gasteiger partial charge is 0.251 e. The minimum Gasteiger partial charge on any atom is -0.394 e. The first-order chi connectivity index (χ1) is 18.9. The molecule has 3 amide bonds. The first-order valence-electron chi connectivity index (χ1n) is 13.2. The summed E-state index contributed by atoms with van der Waals surface area (Å²) < 4.78 is -0.938. The molecule has 7 nitrogen and oxygen atoms in total. The van der Waals surface area contributed by atoms with Crippen LogP contribution in [0.15, 0.2) is 78.9 Å². The highest BCUT2D eigenvalue weighted by atomic mass is 35.5. The Bertz CT molecular complexity index is 1350. The number of hydrogen-bond donors (Lipinski definition) is 1. The summed E-state index contributed by atoms with van der Waals surface area (Å²) in [6.45, 7) is 0.514. The molecule has 1 N–H and O–H groups in total. The van der Waals surface area contributed by atoms with E-state index < -0.39 is 28.7 Å². The summed E-state index contributed by atoms with van der Waals surface area (Å²) >= 11 is 7.67. The van der Waals surface area contributed by atoms with Gasteiger partial charge >= 0.3 is 0 Å². The van der Waals surface area contributed by atoms with Crippen molar-refractivity contribution < 1.29 is 19.5 Å². The van der Waals surface area contributed by atoms with Crippen molar-refractivity contribution in [3.8, 4) is 0 Å². The standard InChI is InChI=1S/C30H30ClN3O4S/c1-32-15-5-9-23-24(27(32)36)25-28(37)34(22(18-35)17-19-7-3-2-4-8-19)26-29(38)33(16-6-14-30(25,26)39-23)21-12-10-20(31)11-13-21/h2-14,22-26,35H,15-18H2,1H3/t22-,23-,24+,25+,26?,30+/m1/s1. The minimum absolute atomic E-state index is 0.0865. The van der Waals surface area contributed by atoms with Crippen LogP contribution < -0.4 is 4.90 Å². The number of likely N-dealkylation sites (N-methyl/N-ethyl adjacent to an activating group) is 1. The van der Waals surface area contributed by atoms with Gasteiger partial charge < -0.3 is 19.8 Å². The van der Waals surface area contributed by atoms with Gasteiger partial charge in [0.15, 0.2) is 0 Å². The van der Waals surface area contributed by atoms with Gasteiger partial charge in [0.2, 0.25) is 11.8 Å². The number of aliphatic hydroxyl groups is 1. The van der Waals surface area contributed by atoms with E-state index >= 15 is 0 Å². The topological polar surface area (TPSA) is 81.2 Å². The van der Waals surface area contributed by atoms with Crippen LogP contribution in [-0.4, -0.2) is 81.5 Å². The van der Waals surface area contributed by atoms with Gasteiger partial charge in [-0.2, -0.15) is 0 Å². The molecule has 6 atom stereocenters. The number of anilines is 1. The van der Waals surface area contributed by atoms with E-state index in [9.17, 15) is 19.5 Å². The summed E-state index contributed by atoms with van der Waals surface area (Å²) in [5, 5.41) is 11.0. The first-order valence-corrected chi connectivity index (χ1v) is 14.4. The highest BCUT2D eigenvalue weighted by Gasteiger charge is 2.71.